The van der Waals surface area contributed by atoms with Crippen molar-refractivity contribution in [1.82, 2.24) is 0 Å². The summed E-state index contributed by atoms with van der Waals surface area (Å²) in [6.07, 6.45) is 1.16. The van der Waals surface area contributed by atoms with Gasteiger partial charge in [0, 0.05) is 19.2 Å². The molecular formula is C19H19FN2O4. The molecule has 1 saturated heterocycles. The highest BCUT2D eigenvalue weighted by Crippen LogP contribution is 2.31. The largest absolute Gasteiger partial charge is 0.461 e. The van der Waals surface area contributed by atoms with Crippen molar-refractivity contribution in [2.75, 3.05) is 18.0 Å². The first-order valence-corrected chi connectivity index (χ1v) is 8.44. The maximum atomic E-state index is 12.9. The summed E-state index contributed by atoms with van der Waals surface area (Å²) in [7, 11) is 0. The molecule has 0 bridgehead atoms. The van der Waals surface area contributed by atoms with E-state index in [4.69, 9.17) is 4.74 Å². The number of nitro benzene ring substituents is 1. The number of ether oxygens (including phenoxy) is 1. The lowest BCUT2D eigenvalue weighted by atomic mass is 9.96. The minimum atomic E-state index is -0.390. The molecule has 0 unspecified atom stereocenters. The van der Waals surface area contributed by atoms with Crippen LogP contribution in [0.3, 0.4) is 0 Å². The van der Waals surface area contributed by atoms with Gasteiger partial charge in [0.25, 0.3) is 5.69 Å². The van der Waals surface area contributed by atoms with Crippen LogP contribution in [-0.2, 0) is 16.1 Å². The summed E-state index contributed by atoms with van der Waals surface area (Å²) >= 11 is 0. The van der Waals surface area contributed by atoms with E-state index in [0.717, 1.165) is 5.56 Å². The van der Waals surface area contributed by atoms with Gasteiger partial charge in [-0.15, -0.1) is 0 Å². The quantitative estimate of drug-likeness (QED) is 0.463. The molecule has 0 N–H and O–H groups in total. The molecule has 6 nitrogen and oxygen atoms in total. The van der Waals surface area contributed by atoms with Crippen LogP contribution in [0.1, 0.15) is 18.4 Å². The van der Waals surface area contributed by atoms with Crippen molar-refractivity contribution >= 4 is 17.3 Å². The summed E-state index contributed by atoms with van der Waals surface area (Å²) in [4.78, 5) is 24.9. The number of hydrogen-bond acceptors (Lipinski definition) is 5. The number of piperidine rings is 1. The lowest BCUT2D eigenvalue weighted by Crippen LogP contribution is -2.37. The number of rotatable bonds is 5. The number of benzene rings is 2. The molecule has 1 aliphatic heterocycles. The van der Waals surface area contributed by atoms with Crippen molar-refractivity contribution in [3.8, 4) is 0 Å². The van der Waals surface area contributed by atoms with E-state index in [1.807, 2.05) is 4.90 Å². The summed E-state index contributed by atoms with van der Waals surface area (Å²) in [6.45, 7) is 1.23. The molecule has 0 radical (unpaired) electrons. The lowest BCUT2D eigenvalue weighted by Gasteiger charge is -2.32. The maximum absolute atomic E-state index is 12.9. The highest BCUT2D eigenvalue weighted by Gasteiger charge is 2.28. The van der Waals surface area contributed by atoms with E-state index < -0.39 is 4.92 Å². The van der Waals surface area contributed by atoms with Gasteiger partial charge in [0.1, 0.15) is 18.1 Å². The Morgan fingerprint density at radius 3 is 2.46 bits per heavy atom. The number of esters is 1. The summed E-state index contributed by atoms with van der Waals surface area (Å²) < 4.78 is 18.2. The van der Waals surface area contributed by atoms with Gasteiger partial charge in [0.15, 0.2) is 0 Å². The number of hydrogen-bond donors (Lipinski definition) is 0. The van der Waals surface area contributed by atoms with E-state index in [-0.39, 0.29) is 30.0 Å². The molecule has 3 rings (SSSR count). The molecule has 0 aromatic heterocycles. The topological polar surface area (TPSA) is 72.7 Å². The summed E-state index contributed by atoms with van der Waals surface area (Å²) in [6, 6.07) is 12.4. The Bertz CT molecular complexity index is 786. The highest BCUT2D eigenvalue weighted by atomic mass is 19.1. The Morgan fingerprint density at radius 1 is 1.15 bits per heavy atom. The van der Waals surface area contributed by atoms with E-state index >= 15 is 0 Å². The second kappa shape index (κ2) is 7.95. The number of nitrogens with zero attached hydrogens (tertiary/aromatic N) is 2. The van der Waals surface area contributed by atoms with Crippen LogP contribution in [0.4, 0.5) is 15.8 Å². The van der Waals surface area contributed by atoms with Gasteiger partial charge in [-0.25, -0.2) is 4.39 Å². The van der Waals surface area contributed by atoms with Gasteiger partial charge in [-0.05, 0) is 36.6 Å². The van der Waals surface area contributed by atoms with Gasteiger partial charge in [-0.2, -0.15) is 0 Å². The molecule has 2 aromatic rings. The molecule has 7 heteroatoms. The molecule has 136 valence electrons. The van der Waals surface area contributed by atoms with Crippen LogP contribution >= 0.6 is 0 Å². The van der Waals surface area contributed by atoms with Crippen molar-refractivity contribution in [3.63, 3.8) is 0 Å². The van der Waals surface area contributed by atoms with Crippen LogP contribution < -0.4 is 4.90 Å². The van der Waals surface area contributed by atoms with Gasteiger partial charge in [-0.1, -0.05) is 24.3 Å². The number of halogens is 1. The first kappa shape index (κ1) is 17.8. The molecule has 0 aliphatic carbocycles. The normalized spacial score (nSPS) is 14.9. The third kappa shape index (κ3) is 4.17. The zero-order chi connectivity index (χ0) is 18.5. The molecule has 0 atom stereocenters. The molecule has 1 heterocycles. The Morgan fingerprint density at radius 2 is 1.81 bits per heavy atom. The highest BCUT2D eigenvalue weighted by molar-refractivity contribution is 5.73. The standard InChI is InChI=1S/C19H19FN2O4/c20-16-7-5-14(6-8-16)13-26-19(23)15-9-11-21(12-10-15)17-3-1-2-4-18(17)22(24)25/h1-8,15H,9-13H2. The summed E-state index contributed by atoms with van der Waals surface area (Å²) in [5.41, 5.74) is 1.39. The first-order valence-electron chi connectivity index (χ1n) is 8.44. The Kier molecular flexibility index (Phi) is 5.46. The second-order valence-corrected chi connectivity index (χ2v) is 6.24. The number of carbonyl (C=O) groups excluding carboxylic acids is 1. The Labute approximate surface area is 150 Å². The van der Waals surface area contributed by atoms with Crippen LogP contribution in [0.15, 0.2) is 48.5 Å². The fourth-order valence-corrected chi connectivity index (χ4v) is 3.09. The van der Waals surface area contributed by atoms with E-state index in [1.165, 1.54) is 18.2 Å². The number of anilines is 1. The van der Waals surface area contributed by atoms with Gasteiger partial charge < -0.3 is 9.64 Å². The number of para-hydroxylation sites is 2. The molecule has 2 aromatic carbocycles. The van der Waals surface area contributed by atoms with Gasteiger partial charge >= 0.3 is 5.97 Å². The fourth-order valence-electron chi connectivity index (χ4n) is 3.09. The molecule has 1 fully saturated rings. The lowest BCUT2D eigenvalue weighted by molar-refractivity contribution is -0.384. The van der Waals surface area contributed by atoms with Crippen LogP contribution in [0.2, 0.25) is 0 Å². The van der Waals surface area contributed by atoms with Gasteiger partial charge in [0.05, 0.1) is 10.8 Å². The zero-order valence-corrected chi connectivity index (χ0v) is 14.1. The van der Waals surface area contributed by atoms with E-state index in [2.05, 4.69) is 0 Å². The van der Waals surface area contributed by atoms with Crippen molar-refractivity contribution in [2.45, 2.75) is 19.4 Å². The Balaban J connectivity index is 1.54. The Hall–Kier alpha value is -2.96. The van der Waals surface area contributed by atoms with Crippen molar-refractivity contribution in [2.24, 2.45) is 5.92 Å². The predicted octanol–water partition coefficient (Wildman–Crippen LogP) is 3.69. The molecule has 26 heavy (non-hydrogen) atoms. The van der Waals surface area contributed by atoms with Crippen molar-refractivity contribution in [1.29, 1.82) is 0 Å². The van der Waals surface area contributed by atoms with Gasteiger partial charge in [0.2, 0.25) is 0 Å². The predicted molar refractivity (Wildman–Crippen MR) is 94.2 cm³/mol. The van der Waals surface area contributed by atoms with E-state index in [1.54, 1.807) is 30.3 Å². The fraction of sp³-hybridized carbons (Fsp3) is 0.316. The minimum Gasteiger partial charge on any atom is -0.461 e. The maximum Gasteiger partial charge on any atom is 0.309 e. The van der Waals surface area contributed by atoms with Gasteiger partial charge in [-0.3, -0.25) is 14.9 Å². The summed E-state index contributed by atoms with van der Waals surface area (Å²) in [5, 5.41) is 11.2. The number of carbonyl (C=O) groups is 1. The molecule has 1 aliphatic rings. The molecule has 0 spiro atoms. The van der Waals surface area contributed by atoms with Crippen LogP contribution in [0.5, 0.6) is 0 Å². The molecule has 0 saturated carbocycles. The SMILES string of the molecule is O=C(OCc1ccc(F)cc1)C1CCN(c2ccccc2[N+](=O)[O-])CC1. The third-order valence-electron chi connectivity index (χ3n) is 4.54. The molecule has 0 amide bonds. The smallest absolute Gasteiger partial charge is 0.309 e. The average molecular weight is 358 g/mol. The van der Waals surface area contributed by atoms with E-state index in [0.29, 0.717) is 31.6 Å². The third-order valence-corrected chi connectivity index (χ3v) is 4.54. The first-order chi connectivity index (χ1) is 12.5. The minimum absolute atomic E-state index is 0.0739. The van der Waals surface area contributed by atoms with Crippen LogP contribution in [0.25, 0.3) is 0 Å². The second-order valence-electron chi connectivity index (χ2n) is 6.24. The van der Waals surface area contributed by atoms with E-state index in [9.17, 15) is 19.3 Å². The molecular weight excluding hydrogens is 339 g/mol. The number of nitro groups is 1. The van der Waals surface area contributed by atoms with Crippen molar-refractivity contribution < 1.29 is 18.8 Å². The van der Waals surface area contributed by atoms with Crippen LogP contribution in [-0.4, -0.2) is 24.0 Å². The summed E-state index contributed by atoms with van der Waals surface area (Å²) in [5.74, 6) is -0.839. The zero-order valence-electron chi connectivity index (χ0n) is 14.1. The average Bonchev–Trinajstić information content (AvgIpc) is 2.67. The van der Waals surface area contributed by atoms with Crippen molar-refractivity contribution in [3.05, 3.63) is 70.0 Å². The monoisotopic (exact) mass is 358 g/mol. The van der Waals surface area contributed by atoms with Crippen LogP contribution in [0, 0.1) is 21.8 Å².